The molecule has 11 heteroatoms. The molecular weight excluding hydrogens is 625 g/mol. The summed E-state index contributed by atoms with van der Waals surface area (Å²) in [7, 11) is -4.15. The second-order valence-electron chi connectivity index (χ2n) is 9.40. The van der Waals surface area contributed by atoms with Gasteiger partial charge < -0.3 is 10.2 Å². The average molecular weight is 655 g/mol. The second kappa shape index (κ2) is 13.2. The third-order valence-electron chi connectivity index (χ3n) is 5.94. The van der Waals surface area contributed by atoms with Crippen LogP contribution < -0.4 is 9.62 Å². The lowest BCUT2D eigenvalue weighted by molar-refractivity contribution is -0.139. The molecule has 3 rings (SSSR count). The number of carbonyl (C=O) groups excluding carboxylic acids is 2. The lowest BCUT2D eigenvalue weighted by Gasteiger charge is -2.32. The topological polar surface area (TPSA) is 86.8 Å². The van der Waals surface area contributed by atoms with Crippen molar-refractivity contribution in [1.29, 1.82) is 0 Å². The van der Waals surface area contributed by atoms with Crippen LogP contribution >= 0.6 is 39.1 Å². The van der Waals surface area contributed by atoms with Gasteiger partial charge in [0.1, 0.15) is 12.6 Å². The normalized spacial score (nSPS) is 12.2. The van der Waals surface area contributed by atoms with E-state index < -0.39 is 28.5 Å². The van der Waals surface area contributed by atoms with E-state index in [4.69, 9.17) is 23.2 Å². The standard InChI is InChI=1S/C28H30BrCl2N3O4S/c1-18(2)32-28(36)20(4)33(16-21-10-11-23(30)15-26(21)31)27(35)17-34(24-7-5-6-22(29)14-24)39(37,38)25-12-8-19(3)9-13-25/h5-15,18,20H,16-17H2,1-4H3,(H,32,36)/t20-/m0/s1. The van der Waals surface area contributed by atoms with Gasteiger partial charge in [0.25, 0.3) is 10.0 Å². The van der Waals surface area contributed by atoms with E-state index in [1.807, 2.05) is 20.8 Å². The zero-order valence-corrected chi connectivity index (χ0v) is 25.9. The molecule has 0 spiro atoms. The average Bonchev–Trinajstić information content (AvgIpc) is 2.86. The van der Waals surface area contributed by atoms with E-state index in [0.29, 0.717) is 25.8 Å². The molecule has 39 heavy (non-hydrogen) atoms. The molecule has 0 aliphatic heterocycles. The fraction of sp³-hybridized carbons (Fsp3) is 0.286. The van der Waals surface area contributed by atoms with Gasteiger partial charge in [0.15, 0.2) is 0 Å². The number of sulfonamides is 1. The number of carbonyl (C=O) groups is 2. The number of anilines is 1. The molecule has 7 nitrogen and oxygen atoms in total. The smallest absolute Gasteiger partial charge is 0.264 e. The van der Waals surface area contributed by atoms with Crippen LogP contribution in [0.5, 0.6) is 0 Å². The summed E-state index contributed by atoms with van der Waals surface area (Å²) in [5, 5.41) is 3.57. The van der Waals surface area contributed by atoms with Crippen LogP contribution in [-0.4, -0.2) is 43.8 Å². The van der Waals surface area contributed by atoms with Gasteiger partial charge >= 0.3 is 0 Å². The molecule has 0 saturated heterocycles. The van der Waals surface area contributed by atoms with E-state index in [-0.39, 0.29) is 23.4 Å². The fourth-order valence-electron chi connectivity index (χ4n) is 3.82. The first kappa shape index (κ1) is 30.9. The lowest BCUT2D eigenvalue weighted by Crippen LogP contribution is -2.52. The molecule has 0 aliphatic rings. The van der Waals surface area contributed by atoms with Crippen LogP contribution in [0.1, 0.15) is 31.9 Å². The number of nitrogens with zero attached hydrogens (tertiary/aromatic N) is 2. The zero-order valence-electron chi connectivity index (χ0n) is 22.0. The fourth-order valence-corrected chi connectivity index (χ4v) is 6.08. The predicted molar refractivity (Wildman–Crippen MR) is 160 cm³/mol. The Bertz CT molecular complexity index is 1450. The first-order chi connectivity index (χ1) is 18.3. The Hall–Kier alpha value is -2.59. The van der Waals surface area contributed by atoms with Crippen LogP contribution in [0.15, 0.2) is 76.1 Å². The monoisotopic (exact) mass is 653 g/mol. The SMILES string of the molecule is Cc1ccc(S(=O)(=O)N(CC(=O)N(Cc2ccc(Cl)cc2Cl)[C@@H](C)C(=O)NC(C)C)c2cccc(Br)c2)cc1. The number of benzene rings is 3. The molecule has 0 radical (unpaired) electrons. The van der Waals surface area contributed by atoms with Crippen molar-refractivity contribution >= 4 is 66.7 Å². The molecule has 3 aromatic rings. The maximum Gasteiger partial charge on any atom is 0.264 e. The van der Waals surface area contributed by atoms with Crippen LogP contribution in [0.3, 0.4) is 0 Å². The highest BCUT2D eigenvalue weighted by Crippen LogP contribution is 2.28. The van der Waals surface area contributed by atoms with E-state index in [1.54, 1.807) is 61.5 Å². The first-order valence-corrected chi connectivity index (χ1v) is 15.2. The third-order valence-corrected chi connectivity index (χ3v) is 8.81. The van der Waals surface area contributed by atoms with Gasteiger partial charge in [-0.3, -0.25) is 13.9 Å². The van der Waals surface area contributed by atoms with Crippen LogP contribution in [0.4, 0.5) is 5.69 Å². The highest BCUT2D eigenvalue weighted by molar-refractivity contribution is 9.10. The summed E-state index contributed by atoms with van der Waals surface area (Å²) in [5.74, 6) is -0.957. The summed E-state index contributed by atoms with van der Waals surface area (Å²) < 4.78 is 29.4. The minimum Gasteiger partial charge on any atom is -0.352 e. The van der Waals surface area contributed by atoms with E-state index in [9.17, 15) is 18.0 Å². The van der Waals surface area contributed by atoms with Crippen molar-refractivity contribution in [2.24, 2.45) is 0 Å². The lowest BCUT2D eigenvalue weighted by atomic mass is 10.1. The Labute approximate surface area is 248 Å². The largest absolute Gasteiger partial charge is 0.352 e. The summed E-state index contributed by atoms with van der Waals surface area (Å²) in [6, 6.07) is 16.9. The molecule has 208 valence electrons. The Kier molecular flexibility index (Phi) is 10.5. The zero-order chi connectivity index (χ0) is 28.9. The minimum absolute atomic E-state index is 0.0293. The summed E-state index contributed by atoms with van der Waals surface area (Å²) in [6.45, 7) is 6.51. The van der Waals surface area contributed by atoms with Crippen molar-refractivity contribution in [3.05, 3.63) is 92.4 Å². The van der Waals surface area contributed by atoms with Gasteiger partial charge in [0.05, 0.1) is 10.6 Å². The quantitative estimate of drug-likeness (QED) is 0.282. The number of aryl methyl sites for hydroxylation is 1. The van der Waals surface area contributed by atoms with E-state index in [2.05, 4.69) is 21.2 Å². The van der Waals surface area contributed by atoms with Crippen molar-refractivity contribution in [1.82, 2.24) is 10.2 Å². The van der Waals surface area contributed by atoms with Crippen molar-refractivity contribution in [2.75, 3.05) is 10.8 Å². The van der Waals surface area contributed by atoms with Gasteiger partial charge in [-0.1, -0.05) is 69.0 Å². The summed E-state index contributed by atoms with van der Waals surface area (Å²) in [5.41, 5.74) is 1.76. The molecule has 0 fully saturated rings. The summed E-state index contributed by atoms with van der Waals surface area (Å²) >= 11 is 15.8. The summed E-state index contributed by atoms with van der Waals surface area (Å²) in [4.78, 5) is 28.3. The molecule has 3 aromatic carbocycles. The molecule has 1 N–H and O–H groups in total. The molecular formula is C28H30BrCl2N3O4S. The summed E-state index contributed by atoms with van der Waals surface area (Å²) in [6.07, 6.45) is 0. The minimum atomic E-state index is -4.15. The molecule has 0 saturated carbocycles. The van der Waals surface area contributed by atoms with Crippen LogP contribution in [-0.2, 0) is 26.2 Å². The predicted octanol–water partition coefficient (Wildman–Crippen LogP) is 6.20. The Morgan fingerprint density at radius 3 is 2.23 bits per heavy atom. The molecule has 0 aliphatic carbocycles. The molecule has 0 bridgehead atoms. The van der Waals surface area contributed by atoms with E-state index in [1.165, 1.54) is 17.0 Å². The van der Waals surface area contributed by atoms with Crippen LogP contribution in [0, 0.1) is 6.92 Å². The Morgan fingerprint density at radius 1 is 0.974 bits per heavy atom. The highest BCUT2D eigenvalue weighted by Gasteiger charge is 2.33. The van der Waals surface area contributed by atoms with Crippen molar-refractivity contribution in [3.63, 3.8) is 0 Å². The van der Waals surface area contributed by atoms with E-state index >= 15 is 0 Å². The number of hydrogen-bond acceptors (Lipinski definition) is 4. The van der Waals surface area contributed by atoms with Gasteiger partial charge in [-0.2, -0.15) is 0 Å². The Morgan fingerprint density at radius 2 is 1.64 bits per heavy atom. The number of nitrogens with one attached hydrogen (secondary N) is 1. The molecule has 2 amide bonds. The number of halogens is 3. The van der Waals surface area contributed by atoms with Crippen molar-refractivity contribution in [3.8, 4) is 0 Å². The van der Waals surface area contributed by atoms with Crippen LogP contribution in [0.2, 0.25) is 10.0 Å². The number of amides is 2. The van der Waals surface area contributed by atoms with Gasteiger partial charge in [-0.25, -0.2) is 8.42 Å². The maximum absolute atomic E-state index is 13.9. The number of hydrogen-bond donors (Lipinski definition) is 1. The molecule has 1 atom stereocenters. The highest BCUT2D eigenvalue weighted by atomic mass is 79.9. The first-order valence-electron chi connectivity index (χ1n) is 12.2. The van der Waals surface area contributed by atoms with Gasteiger partial charge in [0, 0.05) is 27.1 Å². The second-order valence-corrected chi connectivity index (χ2v) is 13.0. The molecule has 0 unspecified atom stereocenters. The number of rotatable bonds is 10. The maximum atomic E-state index is 13.9. The van der Waals surface area contributed by atoms with Crippen molar-refractivity contribution < 1.29 is 18.0 Å². The van der Waals surface area contributed by atoms with Crippen LogP contribution in [0.25, 0.3) is 0 Å². The third kappa shape index (κ3) is 7.97. The molecule has 0 aromatic heterocycles. The van der Waals surface area contributed by atoms with Gasteiger partial charge in [-0.05, 0) is 75.7 Å². The Balaban J connectivity index is 2.05. The van der Waals surface area contributed by atoms with Gasteiger partial charge in [-0.15, -0.1) is 0 Å². The molecule has 0 heterocycles. The van der Waals surface area contributed by atoms with E-state index in [0.717, 1.165) is 9.87 Å². The van der Waals surface area contributed by atoms with Gasteiger partial charge in [0.2, 0.25) is 11.8 Å². The van der Waals surface area contributed by atoms with Crippen molar-refractivity contribution in [2.45, 2.75) is 51.2 Å².